The van der Waals surface area contributed by atoms with Crippen LogP contribution in [0.4, 0.5) is 0 Å². The second-order valence-electron chi connectivity index (χ2n) is 2.01. The first kappa shape index (κ1) is 8.02. The number of rotatable bonds is 0. The van der Waals surface area contributed by atoms with E-state index in [0.717, 1.165) is 19.4 Å². The third kappa shape index (κ3) is 1.32. The first-order chi connectivity index (χ1) is 4.63. The minimum atomic E-state index is 0.972. The zero-order chi connectivity index (χ0) is 7.72. The van der Waals surface area contributed by atoms with Crippen LogP contribution in [-0.2, 0) is 0 Å². The van der Waals surface area contributed by atoms with Crippen molar-refractivity contribution in [2.45, 2.75) is 0 Å². The fourth-order valence-electron chi connectivity index (χ4n) is 0.629. The van der Waals surface area contributed by atoms with Crippen LogP contribution in [0, 0.1) is 0 Å². The average molecular weight is 262 g/mol. The van der Waals surface area contributed by atoms with E-state index in [9.17, 15) is 0 Å². The average Bonchev–Trinajstić information content (AvgIpc) is 1.93. The van der Waals surface area contributed by atoms with E-state index in [4.69, 9.17) is 0 Å². The van der Waals surface area contributed by atoms with Crippen LogP contribution in [-0.4, -0.2) is 0 Å². The minimum absolute atomic E-state index is 0.972. The van der Waals surface area contributed by atoms with Crippen molar-refractivity contribution in [1.82, 2.24) is 0 Å². The van der Waals surface area contributed by atoms with Crippen molar-refractivity contribution in [3.05, 3.63) is 31.5 Å². The van der Waals surface area contributed by atoms with Crippen LogP contribution in [0.3, 0.4) is 0 Å². The Balaban J connectivity index is 3.65. The molecule has 0 amide bonds. The molecule has 52 valence electrons. The van der Waals surface area contributed by atoms with Crippen LogP contribution >= 0.6 is 31.9 Å². The summed E-state index contributed by atoms with van der Waals surface area (Å²) >= 11 is 6.76. The third-order valence-corrected chi connectivity index (χ3v) is 3.59. The molecule has 2 heteroatoms. The molecule has 0 saturated carbocycles. The van der Waals surface area contributed by atoms with E-state index < -0.39 is 0 Å². The van der Waals surface area contributed by atoms with Gasteiger partial charge in [-0.05, 0) is 42.3 Å². The Kier molecular flexibility index (Phi) is 2.32. The molecule has 0 heterocycles. The lowest BCUT2D eigenvalue weighted by Gasteiger charge is -1.94. The van der Waals surface area contributed by atoms with E-state index in [1.807, 2.05) is 12.1 Å². The van der Waals surface area contributed by atoms with Gasteiger partial charge in [0.05, 0.1) is 0 Å². The van der Waals surface area contributed by atoms with Crippen molar-refractivity contribution in [3.8, 4) is 0 Å². The quantitative estimate of drug-likeness (QED) is 0.671. The highest BCUT2D eigenvalue weighted by Crippen LogP contribution is 2.12. The number of halogens is 2. The van der Waals surface area contributed by atoms with Crippen LogP contribution < -0.4 is 10.4 Å². The summed E-state index contributed by atoms with van der Waals surface area (Å²) < 4.78 is 1.97. The Morgan fingerprint density at radius 2 is 1.20 bits per heavy atom. The van der Waals surface area contributed by atoms with E-state index in [0.29, 0.717) is 0 Å². The van der Waals surface area contributed by atoms with Crippen LogP contribution in [0.2, 0.25) is 0 Å². The smallest absolute Gasteiger partial charge is 0.0389 e. The molecule has 0 saturated heterocycles. The molecule has 0 N–H and O–H groups in total. The van der Waals surface area contributed by atoms with Crippen molar-refractivity contribution in [3.63, 3.8) is 0 Å². The van der Waals surface area contributed by atoms with Gasteiger partial charge in [-0.15, -0.1) is 0 Å². The molecule has 0 fully saturated rings. The maximum atomic E-state index is 3.82. The van der Waals surface area contributed by atoms with Gasteiger partial charge in [0.2, 0.25) is 0 Å². The van der Waals surface area contributed by atoms with E-state index >= 15 is 0 Å². The Morgan fingerprint density at radius 1 is 0.900 bits per heavy atom. The van der Waals surface area contributed by atoms with Crippen LogP contribution in [0.25, 0.3) is 13.2 Å². The molecule has 0 aliphatic carbocycles. The molecule has 1 aromatic rings. The molecule has 1 rings (SSSR count). The summed E-state index contributed by atoms with van der Waals surface area (Å²) in [5.41, 5.74) is 0. The summed E-state index contributed by atoms with van der Waals surface area (Å²) in [5.74, 6) is 0. The fourth-order valence-corrected chi connectivity index (χ4v) is 1.40. The molecule has 0 aliphatic heterocycles. The standard InChI is InChI=1S/C8H6Br2/c1-5-3-4-6(2)8(10)7(5)9/h3-4H,1-2H2. The zero-order valence-corrected chi connectivity index (χ0v) is 8.50. The number of hydrogen-bond donors (Lipinski definition) is 0. The molecule has 0 spiro atoms. The molecule has 0 atom stereocenters. The highest BCUT2D eigenvalue weighted by molar-refractivity contribution is 9.13. The molecule has 0 unspecified atom stereocenters. The monoisotopic (exact) mass is 260 g/mol. The van der Waals surface area contributed by atoms with Gasteiger partial charge in [-0.2, -0.15) is 0 Å². The summed E-state index contributed by atoms with van der Waals surface area (Å²) in [6.07, 6.45) is 0. The molecule has 0 bridgehead atoms. The highest BCUT2D eigenvalue weighted by atomic mass is 79.9. The van der Waals surface area contributed by atoms with Gasteiger partial charge in [-0.3, -0.25) is 0 Å². The largest absolute Gasteiger partial charge is 0.0906 e. The molecular weight excluding hydrogens is 256 g/mol. The van der Waals surface area contributed by atoms with E-state index in [1.165, 1.54) is 0 Å². The number of hydrogen-bond acceptors (Lipinski definition) is 0. The van der Waals surface area contributed by atoms with Gasteiger partial charge in [0.25, 0.3) is 0 Å². The second-order valence-corrected chi connectivity index (χ2v) is 3.60. The molecule has 0 nitrogen and oxygen atoms in total. The Hall–Kier alpha value is -0.0800. The lowest BCUT2D eigenvalue weighted by Crippen LogP contribution is -2.09. The van der Waals surface area contributed by atoms with Gasteiger partial charge in [-0.1, -0.05) is 25.3 Å². The summed E-state index contributed by atoms with van der Waals surface area (Å²) in [6, 6.07) is 3.86. The van der Waals surface area contributed by atoms with Crippen molar-refractivity contribution in [2.24, 2.45) is 0 Å². The van der Waals surface area contributed by atoms with Gasteiger partial charge < -0.3 is 0 Å². The van der Waals surface area contributed by atoms with Gasteiger partial charge in [-0.25, -0.2) is 0 Å². The first-order valence-corrected chi connectivity index (χ1v) is 4.33. The molecule has 10 heavy (non-hydrogen) atoms. The highest BCUT2D eigenvalue weighted by Gasteiger charge is 1.95. The Morgan fingerprint density at radius 3 is 1.50 bits per heavy atom. The Labute approximate surface area is 76.5 Å². The normalized spacial score (nSPS) is 9.80. The third-order valence-electron chi connectivity index (χ3n) is 1.24. The van der Waals surface area contributed by atoms with Gasteiger partial charge in [0.15, 0.2) is 0 Å². The van der Waals surface area contributed by atoms with E-state index in [-0.39, 0.29) is 0 Å². The summed E-state index contributed by atoms with van der Waals surface area (Å²) in [4.78, 5) is 0. The van der Waals surface area contributed by atoms with Gasteiger partial charge in [0.1, 0.15) is 0 Å². The lowest BCUT2D eigenvalue weighted by molar-refractivity contribution is 1.47. The van der Waals surface area contributed by atoms with Crippen molar-refractivity contribution in [2.75, 3.05) is 0 Å². The van der Waals surface area contributed by atoms with Crippen molar-refractivity contribution in [1.29, 1.82) is 0 Å². The SMILES string of the molecule is C=c1ccc(=C)c(Br)c1Br. The van der Waals surface area contributed by atoms with Gasteiger partial charge in [0, 0.05) is 8.95 Å². The fraction of sp³-hybridized carbons (Fsp3) is 0. The van der Waals surface area contributed by atoms with Crippen molar-refractivity contribution >= 4 is 45.0 Å². The topological polar surface area (TPSA) is 0 Å². The van der Waals surface area contributed by atoms with Crippen LogP contribution in [0.5, 0.6) is 0 Å². The first-order valence-electron chi connectivity index (χ1n) is 2.75. The maximum absolute atomic E-state index is 3.82. The second kappa shape index (κ2) is 2.89. The Bertz CT molecular complexity index is 306. The zero-order valence-electron chi connectivity index (χ0n) is 5.32. The molecule has 1 aromatic carbocycles. The van der Waals surface area contributed by atoms with Crippen LogP contribution in [0.1, 0.15) is 0 Å². The molecule has 0 radical (unpaired) electrons. The summed E-state index contributed by atoms with van der Waals surface area (Å²) in [7, 11) is 0. The van der Waals surface area contributed by atoms with E-state index in [1.54, 1.807) is 0 Å². The summed E-state index contributed by atoms with van der Waals surface area (Å²) in [5, 5.41) is 1.94. The molecular formula is C8H6Br2. The van der Waals surface area contributed by atoms with Crippen LogP contribution in [0.15, 0.2) is 21.1 Å². The van der Waals surface area contributed by atoms with Crippen molar-refractivity contribution < 1.29 is 0 Å². The maximum Gasteiger partial charge on any atom is 0.0389 e. The number of benzene rings is 1. The predicted octanol–water partition coefficient (Wildman–Crippen LogP) is 2.03. The van der Waals surface area contributed by atoms with Gasteiger partial charge >= 0.3 is 0 Å². The minimum Gasteiger partial charge on any atom is -0.0906 e. The molecule has 0 aliphatic rings. The lowest BCUT2D eigenvalue weighted by atomic mass is 10.3. The molecule has 0 aromatic heterocycles. The van der Waals surface area contributed by atoms with E-state index in [2.05, 4.69) is 45.0 Å². The summed E-state index contributed by atoms with van der Waals surface area (Å²) in [6.45, 7) is 7.63. The predicted molar refractivity (Wildman–Crippen MR) is 52.1 cm³/mol.